The first-order valence-electron chi connectivity index (χ1n) is 8.91. The van der Waals surface area contributed by atoms with Gasteiger partial charge in [-0.3, -0.25) is 9.67 Å². The van der Waals surface area contributed by atoms with Crippen LogP contribution < -0.4 is 5.32 Å². The summed E-state index contributed by atoms with van der Waals surface area (Å²) in [7, 11) is 1.88. The molecule has 7 heteroatoms. The van der Waals surface area contributed by atoms with Gasteiger partial charge in [0.2, 0.25) is 0 Å². The smallest absolute Gasteiger partial charge is 0.193 e. The number of halogens is 1. The number of aliphatic imine (C=N–C) groups is 1. The zero-order valence-electron chi connectivity index (χ0n) is 15.5. The summed E-state index contributed by atoms with van der Waals surface area (Å²) < 4.78 is 1.96. The molecule has 3 rings (SSSR count). The molecule has 0 amide bonds. The van der Waals surface area contributed by atoms with Gasteiger partial charge in [0, 0.05) is 50.1 Å². The van der Waals surface area contributed by atoms with Gasteiger partial charge in [0.25, 0.3) is 0 Å². The zero-order chi connectivity index (χ0) is 17.5. The predicted octanol–water partition coefficient (Wildman–Crippen LogP) is 3.45. The summed E-state index contributed by atoms with van der Waals surface area (Å²) in [5.41, 5.74) is 2.58. The predicted molar refractivity (Wildman–Crippen MR) is 121 cm³/mol. The second-order valence-corrected chi connectivity index (χ2v) is 7.63. The van der Waals surface area contributed by atoms with E-state index in [-0.39, 0.29) is 24.0 Å². The van der Waals surface area contributed by atoms with Gasteiger partial charge in [0.05, 0.1) is 6.54 Å². The highest BCUT2D eigenvalue weighted by Gasteiger charge is 2.21. The topological polar surface area (TPSA) is 45.5 Å². The van der Waals surface area contributed by atoms with Crippen LogP contribution in [0.2, 0.25) is 0 Å². The van der Waals surface area contributed by atoms with Gasteiger partial charge in [0.1, 0.15) is 0 Å². The van der Waals surface area contributed by atoms with Crippen LogP contribution in [-0.2, 0) is 13.1 Å². The molecule has 1 aromatic heterocycles. The van der Waals surface area contributed by atoms with E-state index >= 15 is 0 Å². The molecule has 142 valence electrons. The number of hydrogen-bond acceptors (Lipinski definition) is 3. The van der Waals surface area contributed by atoms with Crippen molar-refractivity contribution in [2.45, 2.75) is 31.7 Å². The first-order valence-corrected chi connectivity index (χ1v) is 9.96. The molecule has 0 radical (unpaired) electrons. The van der Waals surface area contributed by atoms with E-state index < -0.39 is 0 Å². The highest BCUT2D eigenvalue weighted by molar-refractivity contribution is 14.0. The molecule has 0 spiro atoms. The van der Waals surface area contributed by atoms with Crippen molar-refractivity contribution >= 4 is 41.7 Å². The van der Waals surface area contributed by atoms with Crippen LogP contribution >= 0.6 is 35.7 Å². The Labute approximate surface area is 177 Å². The summed E-state index contributed by atoms with van der Waals surface area (Å²) in [5, 5.41) is 8.58. The van der Waals surface area contributed by atoms with Crippen LogP contribution in [0.4, 0.5) is 0 Å². The maximum absolute atomic E-state index is 4.51. The summed E-state index contributed by atoms with van der Waals surface area (Å²) >= 11 is 2.08. The van der Waals surface area contributed by atoms with Gasteiger partial charge in [-0.25, -0.2) is 0 Å². The Hall–Kier alpha value is -1.22. The molecule has 0 saturated carbocycles. The maximum Gasteiger partial charge on any atom is 0.193 e. The van der Waals surface area contributed by atoms with E-state index in [1.807, 2.05) is 30.2 Å². The number of nitrogens with one attached hydrogen (secondary N) is 1. The molecule has 1 aliphatic rings. The number of benzene rings is 1. The van der Waals surface area contributed by atoms with E-state index in [0.29, 0.717) is 5.25 Å². The quantitative estimate of drug-likeness (QED) is 0.401. The van der Waals surface area contributed by atoms with E-state index in [9.17, 15) is 0 Å². The van der Waals surface area contributed by atoms with Gasteiger partial charge < -0.3 is 10.2 Å². The Balaban J connectivity index is 0.00000243. The number of thioether (sulfide) groups is 1. The Kier molecular flexibility index (Phi) is 8.77. The monoisotopic (exact) mass is 485 g/mol. The lowest BCUT2D eigenvalue weighted by molar-refractivity contribution is 0.408. The van der Waals surface area contributed by atoms with E-state index in [1.165, 1.54) is 23.3 Å². The molecule has 2 heterocycles. The lowest BCUT2D eigenvalue weighted by Gasteiger charge is -2.34. The van der Waals surface area contributed by atoms with Crippen LogP contribution in [0, 0.1) is 0 Å². The van der Waals surface area contributed by atoms with Gasteiger partial charge in [-0.1, -0.05) is 31.2 Å². The van der Waals surface area contributed by atoms with Crippen LogP contribution in [-0.4, -0.2) is 51.8 Å². The molecule has 1 fully saturated rings. The van der Waals surface area contributed by atoms with Crippen molar-refractivity contribution < 1.29 is 0 Å². The molecular formula is C19H28IN5S. The molecule has 26 heavy (non-hydrogen) atoms. The molecule has 1 unspecified atom stereocenters. The minimum atomic E-state index is 0. The first-order chi connectivity index (χ1) is 12.3. The van der Waals surface area contributed by atoms with Crippen molar-refractivity contribution in [3.63, 3.8) is 0 Å². The summed E-state index contributed by atoms with van der Waals surface area (Å²) in [6.07, 6.45) is 5.03. The van der Waals surface area contributed by atoms with Crippen molar-refractivity contribution in [2.24, 2.45) is 4.99 Å². The summed E-state index contributed by atoms with van der Waals surface area (Å²) in [6.45, 7) is 5.99. The van der Waals surface area contributed by atoms with Crippen molar-refractivity contribution in [1.82, 2.24) is 20.0 Å². The average molecular weight is 485 g/mol. The fourth-order valence-electron chi connectivity index (χ4n) is 3.12. The van der Waals surface area contributed by atoms with Crippen LogP contribution in [0.15, 0.2) is 47.7 Å². The third-order valence-corrected chi connectivity index (χ3v) is 5.92. The van der Waals surface area contributed by atoms with Crippen molar-refractivity contribution in [3.8, 4) is 0 Å². The highest BCUT2D eigenvalue weighted by atomic mass is 127. The lowest BCUT2D eigenvalue weighted by Crippen LogP contribution is -2.47. The second kappa shape index (κ2) is 10.8. The largest absolute Gasteiger partial charge is 0.352 e. The van der Waals surface area contributed by atoms with Crippen LogP contribution in [0.5, 0.6) is 0 Å². The second-order valence-electron chi connectivity index (χ2n) is 6.22. The third-order valence-electron chi connectivity index (χ3n) is 4.55. The molecule has 0 aliphatic carbocycles. The summed E-state index contributed by atoms with van der Waals surface area (Å²) in [6, 6.07) is 10.5. The first kappa shape index (κ1) is 21.1. The molecule has 1 aliphatic heterocycles. The number of guanidine groups is 1. The van der Waals surface area contributed by atoms with E-state index in [1.54, 1.807) is 0 Å². The molecule has 0 bridgehead atoms. The molecule has 1 N–H and O–H groups in total. The van der Waals surface area contributed by atoms with Crippen molar-refractivity contribution in [2.75, 3.05) is 25.9 Å². The SMILES string of the molecule is CCC1CN(C(=NC)NCc2ccccc2Cn2cccn2)CCS1.I. The van der Waals surface area contributed by atoms with Gasteiger partial charge in [-0.15, -0.1) is 24.0 Å². The highest BCUT2D eigenvalue weighted by Crippen LogP contribution is 2.21. The lowest BCUT2D eigenvalue weighted by atomic mass is 10.1. The number of rotatable bonds is 5. The Morgan fingerprint density at radius 1 is 1.31 bits per heavy atom. The van der Waals surface area contributed by atoms with Crippen molar-refractivity contribution in [3.05, 3.63) is 53.9 Å². The molecular weight excluding hydrogens is 457 g/mol. The molecule has 1 saturated heterocycles. The summed E-state index contributed by atoms with van der Waals surface area (Å²) in [5.74, 6) is 2.18. The molecule has 5 nitrogen and oxygen atoms in total. The number of aromatic nitrogens is 2. The Morgan fingerprint density at radius 2 is 2.12 bits per heavy atom. The van der Waals surface area contributed by atoms with E-state index in [2.05, 4.69) is 63.3 Å². The molecule has 2 aromatic rings. The summed E-state index contributed by atoms with van der Waals surface area (Å²) in [4.78, 5) is 6.90. The van der Waals surface area contributed by atoms with Gasteiger partial charge in [0.15, 0.2) is 5.96 Å². The van der Waals surface area contributed by atoms with Crippen molar-refractivity contribution in [1.29, 1.82) is 0 Å². The van der Waals surface area contributed by atoms with Gasteiger partial charge in [-0.2, -0.15) is 16.9 Å². The van der Waals surface area contributed by atoms with Gasteiger partial charge >= 0.3 is 0 Å². The zero-order valence-corrected chi connectivity index (χ0v) is 18.6. The number of hydrogen-bond donors (Lipinski definition) is 1. The minimum Gasteiger partial charge on any atom is -0.352 e. The van der Waals surface area contributed by atoms with Crippen LogP contribution in [0.3, 0.4) is 0 Å². The molecule has 1 atom stereocenters. The third kappa shape index (κ3) is 5.64. The molecule has 1 aromatic carbocycles. The minimum absolute atomic E-state index is 0. The normalized spacial score (nSPS) is 17.7. The maximum atomic E-state index is 4.51. The van der Waals surface area contributed by atoms with Gasteiger partial charge in [-0.05, 0) is 23.6 Å². The fraction of sp³-hybridized carbons (Fsp3) is 0.474. The van der Waals surface area contributed by atoms with E-state index in [0.717, 1.165) is 32.1 Å². The van der Waals surface area contributed by atoms with E-state index in [4.69, 9.17) is 0 Å². The Bertz CT molecular complexity index is 689. The average Bonchev–Trinajstić information content (AvgIpc) is 3.17. The van der Waals surface area contributed by atoms with Crippen LogP contribution in [0.25, 0.3) is 0 Å². The fourth-order valence-corrected chi connectivity index (χ4v) is 4.30. The Morgan fingerprint density at radius 3 is 2.81 bits per heavy atom. The standard InChI is InChI=1S/C19H27N5S.HI/c1-3-18-15-23(11-12-25-18)19(20-2)21-13-16-7-4-5-8-17(16)14-24-10-6-9-22-24;/h4-10,18H,3,11-15H2,1-2H3,(H,20,21);1H. The number of nitrogens with zero attached hydrogens (tertiary/aromatic N) is 4. The van der Waals surface area contributed by atoms with Crippen LogP contribution in [0.1, 0.15) is 24.5 Å².